The Balaban J connectivity index is 1.92. The molecule has 0 atom stereocenters. The largest absolute Gasteiger partial charge is 0.254 e. The minimum atomic E-state index is -2.85. The number of aryl methyl sites for hydroxylation is 2. The zero-order valence-electron chi connectivity index (χ0n) is 24.5. The molecule has 1 aliphatic heterocycles. The lowest BCUT2D eigenvalue weighted by molar-refractivity contribution is 0.741. The molecule has 0 fully saturated rings. The van der Waals surface area contributed by atoms with Gasteiger partial charge in [0.05, 0.1) is 11.4 Å². The van der Waals surface area contributed by atoms with Crippen LogP contribution in [0.15, 0.2) is 127 Å². The van der Waals surface area contributed by atoms with Crippen LogP contribution in [0.3, 0.4) is 0 Å². The second-order valence-electron chi connectivity index (χ2n) is 11.9. The average molecular weight is 549 g/mol. The van der Waals surface area contributed by atoms with Crippen LogP contribution in [0, 0.1) is 13.8 Å². The van der Waals surface area contributed by atoms with Gasteiger partial charge in [0.1, 0.15) is 0 Å². The van der Waals surface area contributed by atoms with Gasteiger partial charge in [-0.25, -0.2) is 0 Å². The maximum absolute atomic E-state index is 5.27. The summed E-state index contributed by atoms with van der Waals surface area (Å²) in [6, 6.07) is 46.0. The summed E-state index contributed by atoms with van der Waals surface area (Å²) in [5, 5.41) is 3.99. The van der Waals surface area contributed by atoms with Crippen LogP contribution in [0.1, 0.15) is 54.7 Å². The maximum atomic E-state index is 5.27. The van der Waals surface area contributed by atoms with Crippen LogP contribution in [-0.4, -0.2) is 18.0 Å². The molecule has 0 N–H and O–H groups in total. The molecule has 0 amide bonds. The molecule has 0 radical (unpaired) electrons. The molecule has 2 nitrogen and oxygen atoms in total. The van der Waals surface area contributed by atoms with Crippen LogP contribution >= 0.6 is 0 Å². The SMILES string of the molecule is Cc1cccc(C2=C(c3ccccc3)C(c3ccccc3)=C(c3cccc(C)n3)[Si]2(c2ccccc2)C(C)(C)C)n1. The fourth-order valence-electron chi connectivity index (χ4n) is 6.70. The van der Waals surface area contributed by atoms with Gasteiger partial charge in [-0.2, -0.15) is 0 Å². The zero-order valence-corrected chi connectivity index (χ0v) is 25.5. The molecule has 5 aromatic rings. The van der Waals surface area contributed by atoms with E-state index in [9.17, 15) is 0 Å². The van der Waals surface area contributed by atoms with Crippen LogP contribution < -0.4 is 5.19 Å². The van der Waals surface area contributed by atoms with Crippen molar-refractivity contribution in [2.75, 3.05) is 0 Å². The predicted molar refractivity (Wildman–Crippen MR) is 176 cm³/mol. The van der Waals surface area contributed by atoms with Crippen molar-refractivity contribution in [1.29, 1.82) is 0 Å². The smallest absolute Gasteiger partial charge is 0.160 e. The van der Waals surface area contributed by atoms with Crippen molar-refractivity contribution in [2.45, 2.75) is 39.7 Å². The molecule has 6 rings (SSSR count). The van der Waals surface area contributed by atoms with E-state index in [1.54, 1.807) is 0 Å². The minimum absolute atomic E-state index is 0.119. The summed E-state index contributed by atoms with van der Waals surface area (Å²) in [7, 11) is -2.85. The first kappa shape index (κ1) is 26.9. The standard InChI is InChI=1S/C38H36N2Si/c1-27-17-15-25-32(39-27)36-34(29-19-9-6-10-20-29)35(30-21-11-7-12-22-30)37(33-26-16-18-28(2)40-33)41(36,38(3,4)5)31-23-13-8-14-24-31/h6-26H,1-5H3. The number of hydrogen-bond donors (Lipinski definition) is 0. The molecule has 3 heteroatoms. The number of allylic oxidation sites excluding steroid dienone is 2. The number of aromatic nitrogens is 2. The number of nitrogens with zero attached hydrogens (tertiary/aromatic N) is 2. The van der Waals surface area contributed by atoms with Gasteiger partial charge in [0.2, 0.25) is 0 Å². The Labute approximate surface area is 245 Å². The van der Waals surface area contributed by atoms with Gasteiger partial charge in [0, 0.05) is 11.4 Å². The summed E-state index contributed by atoms with van der Waals surface area (Å²) >= 11 is 0. The molecule has 3 aromatic carbocycles. The van der Waals surface area contributed by atoms with Gasteiger partial charge in [-0.15, -0.1) is 0 Å². The summed E-state index contributed by atoms with van der Waals surface area (Å²) in [5.74, 6) is 0. The van der Waals surface area contributed by atoms with Gasteiger partial charge >= 0.3 is 0 Å². The van der Waals surface area contributed by atoms with E-state index in [-0.39, 0.29) is 5.04 Å². The summed E-state index contributed by atoms with van der Waals surface area (Å²) in [5.41, 5.74) is 9.15. The van der Waals surface area contributed by atoms with E-state index in [1.807, 2.05) is 0 Å². The first-order valence-corrected chi connectivity index (χ1v) is 16.4. The van der Waals surface area contributed by atoms with Crippen molar-refractivity contribution < 1.29 is 0 Å². The van der Waals surface area contributed by atoms with Gasteiger partial charge in [-0.1, -0.05) is 124 Å². The van der Waals surface area contributed by atoms with Gasteiger partial charge < -0.3 is 0 Å². The minimum Gasteiger partial charge on any atom is -0.254 e. The first-order valence-electron chi connectivity index (χ1n) is 14.4. The monoisotopic (exact) mass is 548 g/mol. The lowest BCUT2D eigenvalue weighted by Crippen LogP contribution is -2.56. The molecule has 202 valence electrons. The van der Waals surface area contributed by atoms with Crippen LogP contribution in [0.5, 0.6) is 0 Å². The molecule has 0 saturated carbocycles. The van der Waals surface area contributed by atoms with Crippen molar-refractivity contribution >= 4 is 34.8 Å². The van der Waals surface area contributed by atoms with Crippen LogP contribution in [0.4, 0.5) is 0 Å². The third kappa shape index (κ3) is 4.51. The predicted octanol–water partition coefficient (Wildman–Crippen LogP) is 8.86. The first-order chi connectivity index (χ1) is 19.8. The Bertz CT molecular complexity index is 1660. The van der Waals surface area contributed by atoms with Crippen LogP contribution in [-0.2, 0) is 0 Å². The highest BCUT2D eigenvalue weighted by atomic mass is 28.3. The highest BCUT2D eigenvalue weighted by molar-refractivity contribution is 7.23. The fourth-order valence-corrected chi connectivity index (χ4v) is 12.9. The van der Waals surface area contributed by atoms with Crippen molar-refractivity contribution in [2.24, 2.45) is 0 Å². The summed E-state index contributed by atoms with van der Waals surface area (Å²) in [6.45, 7) is 11.5. The Morgan fingerprint density at radius 2 is 0.854 bits per heavy atom. The molecule has 0 spiro atoms. The second kappa shape index (κ2) is 10.6. The van der Waals surface area contributed by atoms with E-state index in [4.69, 9.17) is 9.97 Å². The molecule has 41 heavy (non-hydrogen) atoms. The molecular weight excluding hydrogens is 513 g/mol. The molecule has 1 aliphatic rings. The average Bonchev–Trinajstić information content (AvgIpc) is 3.32. The third-order valence-corrected chi connectivity index (χ3v) is 14.2. The van der Waals surface area contributed by atoms with E-state index >= 15 is 0 Å². The molecule has 2 aromatic heterocycles. The lowest BCUT2D eigenvalue weighted by Gasteiger charge is -2.45. The van der Waals surface area contributed by atoms with Crippen molar-refractivity contribution in [3.05, 3.63) is 161 Å². The molecule has 0 saturated heterocycles. The highest BCUT2D eigenvalue weighted by Crippen LogP contribution is 2.61. The molecule has 0 unspecified atom stereocenters. The molecule has 3 heterocycles. The maximum Gasteiger partial charge on any atom is 0.160 e. The van der Waals surface area contributed by atoms with Gasteiger partial charge in [0.15, 0.2) is 8.07 Å². The quantitative estimate of drug-likeness (QED) is 0.205. The highest BCUT2D eigenvalue weighted by Gasteiger charge is 2.59. The number of hydrogen-bond acceptors (Lipinski definition) is 2. The Kier molecular flexibility index (Phi) is 6.92. The van der Waals surface area contributed by atoms with Crippen LogP contribution in [0.2, 0.25) is 5.04 Å². The molecule has 0 aliphatic carbocycles. The van der Waals surface area contributed by atoms with Gasteiger partial charge in [-0.05, 0) is 81.0 Å². The van der Waals surface area contributed by atoms with E-state index in [0.717, 1.165) is 22.8 Å². The topological polar surface area (TPSA) is 25.8 Å². The van der Waals surface area contributed by atoms with E-state index in [2.05, 4.69) is 162 Å². The summed E-state index contributed by atoms with van der Waals surface area (Å²) in [6.07, 6.45) is 0. The van der Waals surface area contributed by atoms with Crippen molar-refractivity contribution in [3.8, 4) is 0 Å². The number of pyridine rings is 2. The van der Waals surface area contributed by atoms with E-state index < -0.39 is 8.07 Å². The van der Waals surface area contributed by atoms with E-state index in [1.165, 1.54) is 37.9 Å². The fraction of sp³-hybridized carbons (Fsp3) is 0.158. The Hall–Kier alpha value is -4.34. The second-order valence-corrected chi connectivity index (χ2v) is 16.5. The van der Waals surface area contributed by atoms with Gasteiger partial charge in [-0.3, -0.25) is 9.97 Å². The summed E-state index contributed by atoms with van der Waals surface area (Å²) in [4.78, 5) is 10.5. The summed E-state index contributed by atoms with van der Waals surface area (Å²) < 4.78 is 0. The van der Waals surface area contributed by atoms with E-state index in [0.29, 0.717) is 0 Å². The van der Waals surface area contributed by atoms with Crippen LogP contribution in [0.25, 0.3) is 21.5 Å². The normalized spacial score (nSPS) is 15.0. The third-order valence-electron chi connectivity index (χ3n) is 8.25. The Morgan fingerprint density at radius 1 is 0.463 bits per heavy atom. The Morgan fingerprint density at radius 3 is 1.22 bits per heavy atom. The number of rotatable bonds is 5. The van der Waals surface area contributed by atoms with Crippen molar-refractivity contribution in [3.63, 3.8) is 0 Å². The zero-order chi connectivity index (χ0) is 28.6. The molecule has 0 bridgehead atoms. The number of benzene rings is 3. The van der Waals surface area contributed by atoms with Crippen molar-refractivity contribution in [1.82, 2.24) is 9.97 Å². The lowest BCUT2D eigenvalue weighted by atomic mass is 9.90. The molecular formula is C38H36N2Si. The van der Waals surface area contributed by atoms with Gasteiger partial charge in [0.25, 0.3) is 0 Å².